The molecule has 0 radical (unpaired) electrons. The lowest BCUT2D eigenvalue weighted by atomic mass is 9.96. The van der Waals surface area contributed by atoms with E-state index in [-0.39, 0.29) is 18.2 Å². The number of likely N-dealkylation sites (tertiary alicyclic amines) is 1. The molecule has 0 spiro atoms. The molecule has 1 aromatic carbocycles. The number of hydrogen-bond donors (Lipinski definition) is 1. The fourth-order valence-corrected chi connectivity index (χ4v) is 3.66. The fourth-order valence-electron chi connectivity index (χ4n) is 3.66. The van der Waals surface area contributed by atoms with Crippen LogP contribution in [0, 0.1) is 5.92 Å². The summed E-state index contributed by atoms with van der Waals surface area (Å²) in [5.74, 6) is -2.60. The van der Waals surface area contributed by atoms with Gasteiger partial charge in [0.25, 0.3) is 5.91 Å². The lowest BCUT2D eigenvalue weighted by Crippen LogP contribution is -3.17. The minimum Gasteiger partial charge on any atom is -0.550 e. The van der Waals surface area contributed by atoms with Gasteiger partial charge in [-0.1, -0.05) is 0 Å². The van der Waals surface area contributed by atoms with Crippen LogP contribution in [0.15, 0.2) is 24.3 Å². The summed E-state index contributed by atoms with van der Waals surface area (Å²) in [4.78, 5) is 49.7. The third-order valence-electron chi connectivity index (χ3n) is 5.15. The topological polar surface area (TPSA) is 108 Å². The Hall–Kier alpha value is -2.74. The van der Waals surface area contributed by atoms with Gasteiger partial charge >= 0.3 is 5.97 Å². The number of carboxylic acids is 1. The number of carboxylic acid groups (broad SMARTS) is 1. The maximum Gasteiger partial charge on any atom is 0.337 e. The van der Waals surface area contributed by atoms with Gasteiger partial charge in [-0.2, -0.15) is 0 Å². The van der Waals surface area contributed by atoms with Gasteiger partial charge in [-0.05, 0) is 24.3 Å². The van der Waals surface area contributed by atoms with Crippen molar-refractivity contribution in [1.82, 2.24) is 0 Å². The van der Waals surface area contributed by atoms with Crippen LogP contribution in [0.3, 0.4) is 0 Å². The molecule has 8 heteroatoms. The first kappa shape index (κ1) is 18.1. The highest BCUT2D eigenvalue weighted by Crippen LogP contribution is 2.23. The Balaban J connectivity index is 1.71. The summed E-state index contributed by atoms with van der Waals surface area (Å²) in [6.45, 7) is 1.05. The fraction of sp³-hybridized carbons (Fsp3) is 0.444. The third-order valence-corrected chi connectivity index (χ3v) is 5.15. The van der Waals surface area contributed by atoms with E-state index in [4.69, 9.17) is 0 Å². The molecule has 1 unspecified atom stereocenters. The molecule has 26 heavy (non-hydrogen) atoms. The van der Waals surface area contributed by atoms with E-state index < -0.39 is 23.9 Å². The van der Waals surface area contributed by atoms with Gasteiger partial charge in [0.1, 0.15) is 0 Å². The van der Waals surface area contributed by atoms with Gasteiger partial charge in [0.05, 0.1) is 37.9 Å². The summed E-state index contributed by atoms with van der Waals surface area (Å²) >= 11 is 0. The standard InChI is InChI=1S/C18H20N2O6/c1-26-18(25)12-2-4-13(5-3-12)20-15(21)10-14(16(20)22)19-8-6-11(7-9-19)17(23)24/h2-5,11,14H,6-10H2,1H3,(H,23,24). The second-order valence-electron chi connectivity index (χ2n) is 6.61. The van der Waals surface area contributed by atoms with Crippen LogP contribution in [0.5, 0.6) is 0 Å². The number of piperidine rings is 1. The molecule has 1 atom stereocenters. The average Bonchev–Trinajstić information content (AvgIpc) is 2.95. The van der Waals surface area contributed by atoms with Gasteiger partial charge < -0.3 is 19.5 Å². The number of anilines is 1. The van der Waals surface area contributed by atoms with E-state index in [2.05, 4.69) is 4.74 Å². The molecular weight excluding hydrogens is 340 g/mol. The van der Waals surface area contributed by atoms with Crippen LogP contribution in [0.2, 0.25) is 0 Å². The van der Waals surface area contributed by atoms with Crippen LogP contribution in [0.1, 0.15) is 29.6 Å². The smallest absolute Gasteiger partial charge is 0.337 e. The molecule has 2 heterocycles. The number of esters is 1. The highest BCUT2D eigenvalue weighted by Gasteiger charge is 2.46. The predicted octanol–water partition coefficient (Wildman–Crippen LogP) is -1.85. The van der Waals surface area contributed by atoms with Crippen molar-refractivity contribution in [2.75, 3.05) is 25.1 Å². The average molecular weight is 360 g/mol. The number of rotatable bonds is 4. The molecule has 3 rings (SSSR count). The van der Waals surface area contributed by atoms with E-state index >= 15 is 0 Å². The number of carbonyl (C=O) groups is 4. The van der Waals surface area contributed by atoms with Crippen LogP contribution in [-0.4, -0.2) is 50.0 Å². The van der Waals surface area contributed by atoms with E-state index in [9.17, 15) is 24.3 Å². The number of benzene rings is 1. The first-order valence-corrected chi connectivity index (χ1v) is 8.53. The quantitative estimate of drug-likeness (QED) is 0.499. The maximum atomic E-state index is 12.8. The molecule has 138 valence electrons. The van der Waals surface area contributed by atoms with Crippen molar-refractivity contribution in [3.63, 3.8) is 0 Å². The summed E-state index contributed by atoms with van der Waals surface area (Å²) in [6.07, 6.45) is 0.996. The number of nitrogens with zero attached hydrogens (tertiary/aromatic N) is 1. The third kappa shape index (κ3) is 3.32. The van der Waals surface area contributed by atoms with Crippen molar-refractivity contribution in [2.24, 2.45) is 5.92 Å². The van der Waals surface area contributed by atoms with Crippen molar-refractivity contribution < 1.29 is 33.9 Å². The minimum absolute atomic E-state index is 0.100. The Labute approximate surface area is 150 Å². The molecule has 2 amide bonds. The van der Waals surface area contributed by atoms with Crippen LogP contribution in [0.4, 0.5) is 5.69 Å². The largest absolute Gasteiger partial charge is 0.550 e. The molecule has 2 fully saturated rings. The number of carbonyl (C=O) groups excluding carboxylic acids is 4. The SMILES string of the molecule is COC(=O)c1ccc(N2C(=O)CC([NH+]3CCC(C(=O)[O-])CC3)C2=O)cc1. The molecule has 2 saturated heterocycles. The highest BCUT2D eigenvalue weighted by atomic mass is 16.5. The van der Waals surface area contributed by atoms with Gasteiger partial charge in [0.2, 0.25) is 5.91 Å². The summed E-state index contributed by atoms with van der Waals surface area (Å²) in [5.41, 5.74) is 0.751. The summed E-state index contributed by atoms with van der Waals surface area (Å²) in [7, 11) is 1.28. The predicted molar refractivity (Wildman–Crippen MR) is 87.1 cm³/mol. The lowest BCUT2D eigenvalue weighted by Gasteiger charge is -2.32. The molecule has 8 nitrogen and oxygen atoms in total. The van der Waals surface area contributed by atoms with E-state index in [0.717, 1.165) is 9.80 Å². The summed E-state index contributed by atoms with van der Waals surface area (Å²) < 4.78 is 4.63. The molecule has 0 saturated carbocycles. The van der Waals surface area contributed by atoms with Gasteiger partial charge in [0.15, 0.2) is 6.04 Å². The Morgan fingerprint density at radius 1 is 1.15 bits per heavy atom. The van der Waals surface area contributed by atoms with Gasteiger partial charge in [-0.3, -0.25) is 9.59 Å². The maximum absolute atomic E-state index is 12.8. The van der Waals surface area contributed by atoms with Crippen molar-refractivity contribution in [2.45, 2.75) is 25.3 Å². The molecule has 1 aromatic rings. The number of ether oxygens (including phenoxy) is 1. The Morgan fingerprint density at radius 3 is 2.31 bits per heavy atom. The first-order chi connectivity index (χ1) is 12.4. The molecule has 0 aliphatic carbocycles. The molecule has 0 bridgehead atoms. The zero-order valence-electron chi connectivity index (χ0n) is 14.4. The van der Waals surface area contributed by atoms with Crippen LogP contribution in [0.25, 0.3) is 0 Å². The van der Waals surface area contributed by atoms with E-state index in [1.54, 1.807) is 12.1 Å². The van der Waals surface area contributed by atoms with Crippen molar-refractivity contribution >= 4 is 29.4 Å². The van der Waals surface area contributed by atoms with E-state index in [0.29, 0.717) is 37.2 Å². The van der Waals surface area contributed by atoms with Gasteiger partial charge in [-0.25, -0.2) is 9.69 Å². The van der Waals surface area contributed by atoms with Crippen LogP contribution in [-0.2, 0) is 19.1 Å². The van der Waals surface area contributed by atoms with E-state index in [1.807, 2.05) is 0 Å². The number of nitrogens with one attached hydrogen (secondary N) is 1. The zero-order chi connectivity index (χ0) is 18.8. The molecule has 2 aliphatic rings. The lowest BCUT2D eigenvalue weighted by molar-refractivity contribution is -0.920. The van der Waals surface area contributed by atoms with Crippen LogP contribution < -0.4 is 14.9 Å². The summed E-state index contributed by atoms with van der Waals surface area (Å²) in [5, 5.41) is 11.0. The van der Waals surface area contributed by atoms with Crippen molar-refractivity contribution in [1.29, 1.82) is 0 Å². The number of aliphatic carboxylic acids is 1. The normalized spacial score (nSPS) is 26.0. The Bertz CT molecular complexity index is 737. The molecule has 2 aliphatic heterocycles. The number of hydrogen-bond acceptors (Lipinski definition) is 6. The molecule has 0 aromatic heterocycles. The highest BCUT2D eigenvalue weighted by molar-refractivity contribution is 6.22. The first-order valence-electron chi connectivity index (χ1n) is 8.53. The minimum atomic E-state index is -1.05. The van der Waals surface area contributed by atoms with Gasteiger partial charge in [0, 0.05) is 24.7 Å². The second-order valence-corrected chi connectivity index (χ2v) is 6.61. The monoisotopic (exact) mass is 360 g/mol. The Kier molecular flexibility index (Phi) is 5.03. The Morgan fingerprint density at radius 2 is 1.77 bits per heavy atom. The second kappa shape index (κ2) is 7.25. The van der Waals surface area contributed by atoms with E-state index in [1.165, 1.54) is 19.2 Å². The van der Waals surface area contributed by atoms with Crippen LogP contribution >= 0.6 is 0 Å². The zero-order valence-corrected chi connectivity index (χ0v) is 14.4. The summed E-state index contributed by atoms with van der Waals surface area (Å²) in [6, 6.07) is 5.61. The van der Waals surface area contributed by atoms with Crippen molar-refractivity contribution in [3.8, 4) is 0 Å². The molecule has 1 N–H and O–H groups in total. The molecular formula is C18H20N2O6. The number of imide groups is 1. The van der Waals surface area contributed by atoms with Crippen molar-refractivity contribution in [3.05, 3.63) is 29.8 Å². The number of quaternary nitrogens is 1. The number of amides is 2. The van der Waals surface area contributed by atoms with Gasteiger partial charge in [-0.15, -0.1) is 0 Å². The number of methoxy groups -OCH3 is 1.